The molecule has 0 saturated heterocycles. The Hall–Kier alpha value is -1.00. The number of nitrogens with one attached hydrogen (secondary N) is 1. The summed E-state index contributed by atoms with van der Waals surface area (Å²) in [6.45, 7) is 5.10. The van der Waals surface area contributed by atoms with Gasteiger partial charge < -0.3 is 5.32 Å². The fraction of sp³-hybridized carbons (Fsp3) is 0.538. The summed E-state index contributed by atoms with van der Waals surface area (Å²) in [5.74, 6) is -0.719. The molecule has 0 amide bonds. The van der Waals surface area contributed by atoms with Crippen molar-refractivity contribution in [2.24, 2.45) is 0 Å². The Morgan fingerprint density at radius 2 is 2.00 bits per heavy atom. The molecule has 0 radical (unpaired) electrons. The van der Waals surface area contributed by atoms with Crippen LogP contribution in [-0.2, 0) is 6.54 Å². The molecule has 0 saturated carbocycles. The van der Waals surface area contributed by atoms with Crippen molar-refractivity contribution in [3.8, 4) is 0 Å². The van der Waals surface area contributed by atoms with Gasteiger partial charge in [-0.25, -0.2) is 8.78 Å². The Morgan fingerprint density at radius 3 is 2.65 bits per heavy atom. The van der Waals surface area contributed by atoms with Crippen molar-refractivity contribution in [2.75, 3.05) is 26.7 Å². The molecular weight excluding hydrogens is 222 g/mol. The van der Waals surface area contributed by atoms with Crippen LogP contribution >= 0.6 is 0 Å². The summed E-state index contributed by atoms with van der Waals surface area (Å²) >= 11 is 0. The first-order valence-electron chi connectivity index (χ1n) is 5.98. The van der Waals surface area contributed by atoms with Gasteiger partial charge in [0, 0.05) is 25.2 Å². The van der Waals surface area contributed by atoms with Gasteiger partial charge in [-0.2, -0.15) is 0 Å². The lowest BCUT2D eigenvalue weighted by molar-refractivity contribution is 0.263. The van der Waals surface area contributed by atoms with E-state index in [2.05, 4.69) is 17.1 Å². The zero-order valence-corrected chi connectivity index (χ0v) is 10.5. The van der Waals surface area contributed by atoms with Crippen molar-refractivity contribution in [3.05, 3.63) is 35.4 Å². The predicted molar refractivity (Wildman–Crippen MR) is 65.9 cm³/mol. The molecule has 1 aromatic carbocycles. The molecule has 0 atom stereocenters. The molecule has 0 aromatic heterocycles. The molecule has 1 N–H and O–H groups in total. The normalized spacial score (nSPS) is 11.1. The molecule has 1 aromatic rings. The maximum Gasteiger partial charge on any atom is 0.127 e. The van der Waals surface area contributed by atoms with Crippen LogP contribution in [0.25, 0.3) is 0 Å². The molecule has 0 aliphatic heterocycles. The summed E-state index contributed by atoms with van der Waals surface area (Å²) < 4.78 is 26.5. The van der Waals surface area contributed by atoms with E-state index in [4.69, 9.17) is 0 Å². The summed E-state index contributed by atoms with van der Waals surface area (Å²) in [5, 5.41) is 3.06. The largest absolute Gasteiger partial charge is 0.318 e. The van der Waals surface area contributed by atoms with Crippen LogP contribution in [0.2, 0.25) is 0 Å². The second-order valence-electron chi connectivity index (χ2n) is 4.12. The molecular formula is C13H20F2N2. The highest BCUT2D eigenvalue weighted by Crippen LogP contribution is 2.12. The fourth-order valence-electron chi connectivity index (χ4n) is 1.76. The zero-order valence-electron chi connectivity index (χ0n) is 10.5. The van der Waals surface area contributed by atoms with Gasteiger partial charge in [0.15, 0.2) is 0 Å². The zero-order chi connectivity index (χ0) is 12.7. The Morgan fingerprint density at radius 1 is 1.24 bits per heavy atom. The minimum absolute atomic E-state index is 0.336. The van der Waals surface area contributed by atoms with Crippen LogP contribution in [0.15, 0.2) is 18.2 Å². The standard InChI is InChI=1S/C13H20F2N2/c1-3-7-17(8-6-16-2)10-11-9-12(14)4-5-13(11)15/h4-5,9,16H,3,6-8,10H2,1-2H3. The third kappa shape index (κ3) is 4.79. The average Bonchev–Trinajstić information content (AvgIpc) is 2.31. The molecule has 17 heavy (non-hydrogen) atoms. The van der Waals surface area contributed by atoms with Crippen molar-refractivity contribution in [3.63, 3.8) is 0 Å². The molecule has 0 spiro atoms. The van der Waals surface area contributed by atoms with Crippen molar-refractivity contribution in [2.45, 2.75) is 19.9 Å². The third-order valence-electron chi connectivity index (χ3n) is 2.62. The third-order valence-corrected chi connectivity index (χ3v) is 2.62. The second kappa shape index (κ2) is 7.35. The minimum Gasteiger partial charge on any atom is -0.318 e. The molecule has 0 aliphatic carbocycles. The monoisotopic (exact) mass is 242 g/mol. The van der Waals surface area contributed by atoms with Gasteiger partial charge in [0.2, 0.25) is 0 Å². The maximum atomic E-state index is 13.5. The summed E-state index contributed by atoms with van der Waals surface area (Å²) in [5.41, 5.74) is 0.426. The summed E-state index contributed by atoms with van der Waals surface area (Å²) in [6, 6.07) is 3.61. The highest BCUT2D eigenvalue weighted by atomic mass is 19.1. The number of nitrogens with zero attached hydrogens (tertiary/aromatic N) is 1. The highest BCUT2D eigenvalue weighted by Gasteiger charge is 2.09. The van der Waals surface area contributed by atoms with E-state index in [0.29, 0.717) is 12.1 Å². The first-order valence-corrected chi connectivity index (χ1v) is 5.98. The number of halogens is 2. The molecule has 2 nitrogen and oxygen atoms in total. The summed E-state index contributed by atoms with van der Waals surface area (Å²) in [4.78, 5) is 2.12. The van der Waals surface area contributed by atoms with Gasteiger partial charge in [-0.15, -0.1) is 0 Å². The van der Waals surface area contributed by atoms with Crippen LogP contribution in [0.4, 0.5) is 8.78 Å². The van der Waals surface area contributed by atoms with E-state index >= 15 is 0 Å². The van der Waals surface area contributed by atoms with Gasteiger partial charge in [-0.05, 0) is 38.2 Å². The van der Waals surface area contributed by atoms with E-state index in [1.165, 1.54) is 12.1 Å². The van der Waals surface area contributed by atoms with E-state index < -0.39 is 0 Å². The van der Waals surface area contributed by atoms with Crippen molar-refractivity contribution < 1.29 is 8.78 Å². The lowest BCUT2D eigenvalue weighted by Gasteiger charge is -2.21. The van der Waals surface area contributed by atoms with Gasteiger partial charge in [0.25, 0.3) is 0 Å². The summed E-state index contributed by atoms with van der Waals surface area (Å²) in [6.07, 6.45) is 1.00. The van der Waals surface area contributed by atoms with Gasteiger partial charge in [-0.1, -0.05) is 6.92 Å². The molecule has 4 heteroatoms. The number of hydrogen-bond acceptors (Lipinski definition) is 2. The van der Waals surface area contributed by atoms with Crippen LogP contribution in [0, 0.1) is 11.6 Å². The lowest BCUT2D eigenvalue weighted by Crippen LogP contribution is -2.31. The van der Waals surface area contributed by atoms with Gasteiger partial charge in [0.1, 0.15) is 11.6 Å². The van der Waals surface area contributed by atoms with Crippen LogP contribution in [0.5, 0.6) is 0 Å². The fourth-order valence-corrected chi connectivity index (χ4v) is 1.76. The predicted octanol–water partition coefficient (Wildman–Crippen LogP) is 2.40. The molecule has 1 rings (SSSR count). The lowest BCUT2D eigenvalue weighted by atomic mass is 10.2. The quantitative estimate of drug-likeness (QED) is 0.790. The molecule has 0 fully saturated rings. The van der Waals surface area contributed by atoms with Crippen LogP contribution in [0.3, 0.4) is 0 Å². The first kappa shape index (κ1) is 14.1. The first-order chi connectivity index (χ1) is 8.17. The average molecular weight is 242 g/mol. The number of hydrogen-bond donors (Lipinski definition) is 1. The minimum atomic E-state index is -0.383. The maximum absolute atomic E-state index is 13.5. The van der Waals surface area contributed by atoms with Crippen LogP contribution in [-0.4, -0.2) is 31.6 Å². The molecule has 96 valence electrons. The number of benzene rings is 1. The summed E-state index contributed by atoms with van der Waals surface area (Å²) in [7, 11) is 1.88. The van der Waals surface area contributed by atoms with Gasteiger partial charge >= 0.3 is 0 Å². The SMILES string of the molecule is CCCN(CCNC)Cc1cc(F)ccc1F. The highest BCUT2D eigenvalue weighted by molar-refractivity contribution is 5.18. The van der Waals surface area contributed by atoms with Gasteiger partial charge in [-0.3, -0.25) is 4.90 Å². The van der Waals surface area contributed by atoms with Crippen molar-refractivity contribution in [1.29, 1.82) is 0 Å². The van der Waals surface area contributed by atoms with Crippen molar-refractivity contribution in [1.82, 2.24) is 10.2 Å². The molecule has 0 aliphatic rings. The Balaban J connectivity index is 2.67. The smallest absolute Gasteiger partial charge is 0.127 e. The van der Waals surface area contributed by atoms with E-state index in [1.807, 2.05) is 7.05 Å². The number of likely N-dealkylation sites (N-methyl/N-ethyl adjacent to an activating group) is 1. The Kier molecular flexibility index (Phi) is 6.08. The number of rotatable bonds is 7. The van der Waals surface area contributed by atoms with Crippen molar-refractivity contribution >= 4 is 0 Å². The van der Waals surface area contributed by atoms with E-state index in [-0.39, 0.29) is 11.6 Å². The van der Waals surface area contributed by atoms with Crippen LogP contribution < -0.4 is 5.32 Å². The second-order valence-corrected chi connectivity index (χ2v) is 4.12. The molecule has 0 heterocycles. The Labute approximate surface area is 102 Å². The van der Waals surface area contributed by atoms with Crippen LogP contribution in [0.1, 0.15) is 18.9 Å². The van der Waals surface area contributed by atoms with Gasteiger partial charge in [0.05, 0.1) is 0 Å². The Bertz CT molecular complexity index is 342. The molecule has 0 bridgehead atoms. The topological polar surface area (TPSA) is 15.3 Å². The van der Waals surface area contributed by atoms with E-state index in [1.54, 1.807) is 0 Å². The molecule has 0 unspecified atom stereocenters. The van der Waals surface area contributed by atoms with E-state index in [0.717, 1.165) is 32.1 Å². The van der Waals surface area contributed by atoms with E-state index in [9.17, 15) is 8.78 Å².